The van der Waals surface area contributed by atoms with Crippen molar-refractivity contribution in [1.29, 1.82) is 0 Å². The van der Waals surface area contributed by atoms with Gasteiger partial charge in [-0.05, 0) is 25.8 Å². The number of β-amino-alcohol motifs (C(OH)–C–C–N with tert-alkyl or cyclic N) is 1. The Labute approximate surface area is 90.8 Å². The summed E-state index contributed by atoms with van der Waals surface area (Å²) in [6, 6.07) is 0. The van der Waals surface area contributed by atoms with Crippen molar-refractivity contribution in [2.75, 3.05) is 32.8 Å². The molecule has 1 spiro atoms. The van der Waals surface area contributed by atoms with Crippen LogP contribution in [0.3, 0.4) is 0 Å². The minimum absolute atomic E-state index is 0.134. The summed E-state index contributed by atoms with van der Waals surface area (Å²) in [4.78, 5) is 2.24. The molecule has 0 aliphatic carbocycles. The predicted molar refractivity (Wildman–Crippen MR) is 56.7 cm³/mol. The van der Waals surface area contributed by atoms with Gasteiger partial charge in [-0.1, -0.05) is 0 Å². The first-order chi connectivity index (χ1) is 7.24. The van der Waals surface area contributed by atoms with Crippen LogP contribution in [0.2, 0.25) is 0 Å². The number of rotatable bonds is 2. The molecule has 0 saturated carbocycles. The lowest BCUT2D eigenvalue weighted by Gasteiger charge is -2.46. The third kappa shape index (κ3) is 2.69. The topological polar surface area (TPSA) is 52.9 Å². The average Bonchev–Trinajstić information content (AvgIpc) is 2.17. The summed E-state index contributed by atoms with van der Waals surface area (Å²) in [7, 11) is 0. The number of hydrogen-bond acceptors (Lipinski definition) is 4. The summed E-state index contributed by atoms with van der Waals surface area (Å²) in [5, 5.41) is 18.6. The summed E-state index contributed by atoms with van der Waals surface area (Å²) >= 11 is 0. The zero-order valence-corrected chi connectivity index (χ0v) is 9.19. The first-order valence-corrected chi connectivity index (χ1v) is 5.89. The molecule has 2 heterocycles. The van der Waals surface area contributed by atoms with E-state index in [-0.39, 0.29) is 18.3 Å². The van der Waals surface area contributed by atoms with Crippen LogP contribution in [-0.2, 0) is 4.74 Å². The van der Waals surface area contributed by atoms with E-state index in [4.69, 9.17) is 9.84 Å². The van der Waals surface area contributed by atoms with Crippen LogP contribution in [0.15, 0.2) is 0 Å². The van der Waals surface area contributed by atoms with Gasteiger partial charge in [0.1, 0.15) is 0 Å². The number of aliphatic hydroxyl groups excluding tert-OH is 2. The van der Waals surface area contributed by atoms with Gasteiger partial charge in [0.05, 0.1) is 18.3 Å². The molecule has 2 fully saturated rings. The van der Waals surface area contributed by atoms with Crippen molar-refractivity contribution >= 4 is 0 Å². The summed E-state index contributed by atoms with van der Waals surface area (Å²) in [5.41, 5.74) is -0.134. The summed E-state index contributed by atoms with van der Waals surface area (Å²) in [6.45, 7) is 3.51. The second-order valence-corrected chi connectivity index (χ2v) is 4.78. The van der Waals surface area contributed by atoms with Gasteiger partial charge >= 0.3 is 0 Å². The van der Waals surface area contributed by atoms with Crippen molar-refractivity contribution in [2.45, 2.75) is 37.4 Å². The molecule has 15 heavy (non-hydrogen) atoms. The SMILES string of the molecule is OCCN1CCC[C@@]2(C[C@H](O)CCO2)C1. The zero-order valence-electron chi connectivity index (χ0n) is 9.19. The highest BCUT2D eigenvalue weighted by molar-refractivity contribution is 4.93. The molecule has 2 saturated heterocycles. The molecule has 0 aromatic carbocycles. The highest BCUT2D eigenvalue weighted by Crippen LogP contribution is 2.33. The Morgan fingerprint density at radius 3 is 3.07 bits per heavy atom. The Bertz CT molecular complexity index is 206. The fourth-order valence-electron chi connectivity index (χ4n) is 2.81. The molecule has 2 aliphatic heterocycles. The quantitative estimate of drug-likeness (QED) is 0.680. The molecule has 88 valence electrons. The van der Waals surface area contributed by atoms with E-state index in [1.165, 1.54) is 0 Å². The van der Waals surface area contributed by atoms with E-state index in [1.54, 1.807) is 0 Å². The standard InChI is InChI=1S/C11H21NO3/c13-6-5-12-4-1-3-11(9-12)8-10(14)2-7-15-11/h10,13-14H,1-9H2/t10-,11-/m1/s1. The van der Waals surface area contributed by atoms with Crippen molar-refractivity contribution in [2.24, 2.45) is 0 Å². The van der Waals surface area contributed by atoms with Gasteiger partial charge < -0.3 is 14.9 Å². The van der Waals surface area contributed by atoms with Crippen LogP contribution in [-0.4, -0.2) is 59.7 Å². The highest BCUT2D eigenvalue weighted by Gasteiger charge is 2.40. The minimum atomic E-state index is -0.201. The summed E-state index contributed by atoms with van der Waals surface area (Å²) < 4.78 is 5.87. The van der Waals surface area contributed by atoms with Crippen molar-refractivity contribution in [3.63, 3.8) is 0 Å². The Hall–Kier alpha value is -0.160. The lowest BCUT2D eigenvalue weighted by molar-refractivity contribution is -0.147. The molecule has 0 radical (unpaired) electrons. The molecular formula is C11H21NO3. The fourth-order valence-corrected chi connectivity index (χ4v) is 2.81. The van der Waals surface area contributed by atoms with E-state index in [1.807, 2.05) is 0 Å². The maximum absolute atomic E-state index is 9.69. The van der Waals surface area contributed by atoms with Crippen LogP contribution in [0, 0.1) is 0 Å². The van der Waals surface area contributed by atoms with Gasteiger partial charge in [0.2, 0.25) is 0 Å². The number of likely N-dealkylation sites (tertiary alicyclic amines) is 1. The van der Waals surface area contributed by atoms with E-state index in [2.05, 4.69) is 4.90 Å². The lowest BCUT2D eigenvalue weighted by Crippen LogP contribution is -2.54. The molecule has 2 rings (SSSR count). The fraction of sp³-hybridized carbons (Fsp3) is 1.00. The van der Waals surface area contributed by atoms with Gasteiger partial charge in [-0.25, -0.2) is 0 Å². The molecule has 2 aliphatic rings. The Morgan fingerprint density at radius 2 is 2.33 bits per heavy atom. The predicted octanol–water partition coefficient (Wildman–Crippen LogP) is -0.0154. The van der Waals surface area contributed by atoms with Gasteiger partial charge in [-0.3, -0.25) is 4.90 Å². The van der Waals surface area contributed by atoms with Crippen LogP contribution in [0.4, 0.5) is 0 Å². The summed E-state index contributed by atoms with van der Waals surface area (Å²) in [5.74, 6) is 0. The maximum Gasteiger partial charge on any atom is 0.0833 e. The maximum atomic E-state index is 9.69. The smallest absolute Gasteiger partial charge is 0.0833 e. The molecule has 2 atom stereocenters. The minimum Gasteiger partial charge on any atom is -0.395 e. The number of aliphatic hydroxyl groups is 2. The lowest BCUT2D eigenvalue weighted by atomic mass is 9.84. The van der Waals surface area contributed by atoms with Crippen LogP contribution in [0.25, 0.3) is 0 Å². The van der Waals surface area contributed by atoms with Gasteiger partial charge in [-0.2, -0.15) is 0 Å². The number of piperidine rings is 1. The third-order valence-electron chi connectivity index (χ3n) is 3.50. The highest BCUT2D eigenvalue weighted by atomic mass is 16.5. The van der Waals surface area contributed by atoms with Gasteiger partial charge in [0, 0.05) is 26.1 Å². The second-order valence-electron chi connectivity index (χ2n) is 4.78. The van der Waals surface area contributed by atoms with Gasteiger partial charge in [0.25, 0.3) is 0 Å². The van der Waals surface area contributed by atoms with E-state index >= 15 is 0 Å². The Morgan fingerprint density at radius 1 is 1.47 bits per heavy atom. The monoisotopic (exact) mass is 215 g/mol. The van der Waals surface area contributed by atoms with Crippen molar-refractivity contribution in [1.82, 2.24) is 4.90 Å². The zero-order chi connectivity index (χ0) is 10.7. The third-order valence-corrected chi connectivity index (χ3v) is 3.50. The normalized spacial score (nSPS) is 38.4. The molecule has 4 nitrogen and oxygen atoms in total. The molecular weight excluding hydrogens is 194 g/mol. The Kier molecular flexibility index (Phi) is 3.61. The molecule has 0 bridgehead atoms. The van der Waals surface area contributed by atoms with Crippen molar-refractivity contribution in [3.05, 3.63) is 0 Å². The van der Waals surface area contributed by atoms with Gasteiger partial charge in [0.15, 0.2) is 0 Å². The Balaban J connectivity index is 1.94. The van der Waals surface area contributed by atoms with Crippen LogP contribution in [0.1, 0.15) is 25.7 Å². The first kappa shape index (κ1) is 11.3. The van der Waals surface area contributed by atoms with Crippen molar-refractivity contribution < 1.29 is 14.9 Å². The van der Waals surface area contributed by atoms with E-state index < -0.39 is 0 Å². The molecule has 0 amide bonds. The molecule has 2 N–H and O–H groups in total. The molecule has 4 heteroatoms. The van der Waals surface area contributed by atoms with Crippen LogP contribution >= 0.6 is 0 Å². The second kappa shape index (κ2) is 4.78. The number of ether oxygens (including phenoxy) is 1. The first-order valence-electron chi connectivity index (χ1n) is 5.89. The van der Waals surface area contributed by atoms with Crippen LogP contribution in [0.5, 0.6) is 0 Å². The van der Waals surface area contributed by atoms with E-state index in [0.717, 1.165) is 45.3 Å². The number of hydrogen-bond donors (Lipinski definition) is 2. The average molecular weight is 215 g/mol. The number of nitrogens with zero attached hydrogens (tertiary/aromatic N) is 1. The molecule has 0 aromatic heterocycles. The van der Waals surface area contributed by atoms with E-state index in [9.17, 15) is 5.11 Å². The summed E-state index contributed by atoms with van der Waals surface area (Å²) in [6.07, 6.45) is 3.47. The van der Waals surface area contributed by atoms with Gasteiger partial charge in [-0.15, -0.1) is 0 Å². The van der Waals surface area contributed by atoms with Crippen molar-refractivity contribution in [3.8, 4) is 0 Å². The van der Waals surface area contributed by atoms with E-state index in [0.29, 0.717) is 6.61 Å². The molecule has 0 unspecified atom stereocenters. The molecule has 0 aromatic rings. The largest absolute Gasteiger partial charge is 0.395 e. The van der Waals surface area contributed by atoms with Crippen LogP contribution < -0.4 is 0 Å².